The summed E-state index contributed by atoms with van der Waals surface area (Å²) in [4.78, 5) is 37.4. The Balaban J connectivity index is 1.39. The molecule has 1 fully saturated rings. The summed E-state index contributed by atoms with van der Waals surface area (Å²) in [6, 6.07) is 15.1. The third kappa shape index (κ3) is 5.13. The fourth-order valence-corrected chi connectivity index (χ4v) is 5.24. The molecule has 1 aliphatic rings. The van der Waals surface area contributed by atoms with Gasteiger partial charge in [0, 0.05) is 55.5 Å². The number of nitrogens with one attached hydrogen (secondary N) is 1. The lowest BCUT2D eigenvalue weighted by atomic mass is 9.85. The SMILES string of the molecule is Cn1nc(C(C)(C)C)cc1C(=O)N[C@@H]1CCN(C(=O)c2cc(Cl)c3nccnc3c2)C[C@@H]1c1ccccc1. The second-order valence-electron chi connectivity index (χ2n) is 10.8. The second kappa shape index (κ2) is 10.2. The van der Waals surface area contributed by atoms with Gasteiger partial charge in [0.25, 0.3) is 11.8 Å². The predicted molar refractivity (Wildman–Crippen MR) is 147 cm³/mol. The van der Waals surface area contributed by atoms with E-state index in [9.17, 15) is 9.59 Å². The molecule has 3 heterocycles. The van der Waals surface area contributed by atoms with E-state index < -0.39 is 0 Å². The smallest absolute Gasteiger partial charge is 0.269 e. The van der Waals surface area contributed by atoms with Crippen molar-refractivity contribution in [1.29, 1.82) is 0 Å². The average molecular weight is 531 g/mol. The number of halogens is 1. The van der Waals surface area contributed by atoms with E-state index in [1.165, 1.54) is 0 Å². The molecule has 0 aliphatic carbocycles. The number of aryl methyl sites for hydroxylation is 1. The van der Waals surface area contributed by atoms with Crippen molar-refractivity contribution in [1.82, 2.24) is 30.0 Å². The predicted octanol–water partition coefficient (Wildman–Crippen LogP) is 4.74. The number of likely N-dealkylation sites (tertiary alicyclic amines) is 1. The van der Waals surface area contributed by atoms with Crippen LogP contribution < -0.4 is 5.32 Å². The largest absolute Gasteiger partial charge is 0.347 e. The zero-order valence-corrected chi connectivity index (χ0v) is 22.7. The molecule has 2 amide bonds. The summed E-state index contributed by atoms with van der Waals surface area (Å²) in [7, 11) is 1.79. The molecular formula is C29H31ClN6O2. The van der Waals surface area contributed by atoms with E-state index in [4.69, 9.17) is 11.6 Å². The van der Waals surface area contributed by atoms with E-state index in [-0.39, 0.29) is 29.2 Å². The molecule has 5 rings (SSSR count). The summed E-state index contributed by atoms with van der Waals surface area (Å²) in [6.45, 7) is 7.18. The van der Waals surface area contributed by atoms with E-state index in [0.29, 0.717) is 46.8 Å². The van der Waals surface area contributed by atoms with Gasteiger partial charge in [0.05, 0.1) is 16.2 Å². The van der Waals surface area contributed by atoms with Gasteiger partial charge in [-0.15, -0.1) is 0 Å². The lowest BCUT2D eigenvalue weighted by Crippen LogP contribution is -2.51. The van der Waals surface area contributed by atoms with E-state index in [1.54, 1.807) is 36.3 Å². The molecule has 4 aromatic rings. The van der Waals surface area contributed by atoms with E-state index in [1.807, 2.05) is 41.3 Å². The molecule has 9 heteroatoms. The van der Waals surface area contributed by atoms with E-state index in [2.05, 4.69) is 41.2 Å². The van der Waals surface area contributed by atoms with Gasteiger partial charge in [0.2, 0.25) is 0 Å². The third-order valence-corrected chi connectivity index (χ3v) is 7.39. The lowest BCUT2D eigenvalue weighted by Gasteiger charge is -2.39. The molecule has 0 saturated carbocycles. The number of fused-ring (bicyclic) bond motifs is 1. The van der Waals surface area contributed by atoms with Crippen LogP contribution in [-0.2, 0) is 12.5 Å². The van der Waals surface area contributed by atoms with Crippen molar-refractivity contribution in [3.05, 3.63) is 88.5 Å². The number of benzene rings is 2. The zero-order chi connectivity index (χ0) is 27.0. The van der Waals surface area contributed by atoms with Crippen molar-refractivity contribution in [2.24, 2.45) is 7.05 Å². The van der Waals surface area contributed by atoms with Crippen molar-refractivity contribution < 1.29 is 9.59 Å². The normalized spacial score (nSPS) is 18.0. The number of hydrogen-bond acceptors (Lipinski definition) is 5. The first-order valence-corrected chi connectivity index (χ1v) is 13.1. The van der Waals surface area contributed by atoms with Crippen LogP contribution in [0.25, 0.3) is 11.0 Å². The number of aromatic nitrogens is 4. The Morgan fingerprint density at radius 3 is 2.50 bits per heavy atom. The molecule has 1 aliphatic heterocycles. The molecule has 0 bridgehead atoms. The maximum absolute atomic E-state index is 13.6. The van der Waals surface area contributed by atoms with Crippen LogP contribution in [0, 0.1) is 0 Å². The van der Waals surface area contributed by atoms with Gasteiger partial charge in [0.15, 0.2) is 0 Å². The second-order valence-corrected chi connectivity index (χ2v) is 11.2. The quantitative estimate of drug-likeness (QED) is 0.411. The maximum Gasteiger partial charge on any atom is 0.269 e. The van der Waals surface area contributed by atoms with Gasteiger partial charge in [0.1, 0.15) is 11.2 Å². The Kier molecular flexibility index (Phi) is 6.92. The molecule has 1 saturated heterocycles. The van der Waals surface area contributed by atoms with Crippen molar-refractivity contribution in [3.8, 4) is 0 Å². The molecular weight excluding hydrogens is 500 g/mol. The highest BCUT2D eigenvalue weighted by atomic mass is 35.5. The highest BCUT2D eigenvalue weighted by Crippen LogP contribution is 2.30. The molecule has 196 valence electrons. The monoisotopic (exact) mass is 530 g/mol. The Hall–Kier alpha value is -3.78. The number of carbonyl (C=O) groups excluding carboxylic acids is 2. The molecule has 0 unspecified atom stereocenters. The van der Waals surface area contributed by atoms with Gasteiger partial charge in [-0.1, -0.05) is 62.7 Å². The van der Waals surface area contributed by atoms with Gasteiger partial charge < -0.3 is 10.2 Å². The summed E-state index contributed by atoms with van der Waals surface area (Å²) in [5.74, 6) is -0.364. The lowest BCUT2D eigenvalue weighted by molar-refractivity contribution is 0.0671. The van der Waals surface area contributed by atoms with Crippen LogP contribution in [0.1, 0.15) is 65.2 Å². The first kappa shape index (κ1) is 25.9. The minimum atomic E-state index is -0.166. The number of rotatable bonds is 4. The molecule has 1 N–H and O–H groups in total. The fraction of sp³-hybridized carbons (Fsp3) is 0.345. The average Bonchev–Trinajstić information content (AvgIpc) is 3.31. The van der Waals surface area contributed by atoms with Gasteiger partial charge in [-0.25, -0.2) is 0 Å². The van der Waals surface area contributed by atoms with Crippen molar-refractivity contribution in [2.75, 3.05) is 13.1 Å². The number of hydrogen-bond donors (Lipinski definition) is 1. The van der Waals surface area contributed by atoms with Crippen LogP contribution in [0.15, 0.2) is 60.9 Å². The van der Waals surface area contributed by atoms with E-state index in [0.717, 1.165) is 11.3 Å². The minimum Gasteiger partial charge on any atom is -0.347 e. The topological polar surface area (TPSA) is 93.0 Å². The summed E-state index contributed by atoms with van der Waals surface area (Å²) < 4.78 is 1.64. The van der Waals surface area contributed by atoms with Crippen molar-refractivity contribution in [3.63, 3.8) is 0 Å². The Labute approximate surface area is 227 Å². The maximum atomic E-state index is 13.6. The number of amides is 2. The summed E-state index contributed by atoms with van der Waals surface area (Å²) >= 11 is 6.42. The number of piperidine rings is 1. The first-order valence-electron chi connectivity index (χ1n) is 12.7. The molecule has 0 spiro atoms. The van der Waals surface area contributed by atoms with Gasteiger partial charge in [-0.05, 0) is 30.2 Å². The Morgan fingerprint density at radius 1 is 1.05 bits per heavy atom. The molecule has 2 aromatic heterocycles. The molecule has 2 aromatic carbocycles. The van der Waals surface area contributed by atoms with Gasteiger partial charge in [-0.2, -0.15) is 5.10 Å². The van der Waals surface area contributed by atoms with Crippen LogP contribution >= 0.6 is 11.6 Å². The molecule has 8 nitrogen and oxygen atoms in total. The zero-order valence-electron chi connectivity index (χ0n) is 22.0. The molecule has 2 atom stereocenters. The van der Waals surface area contributed by atoms with E-state index >= 15 is 0 Å². The molecule has 0 radical (unpaired) electrons. The van der Waals surface area contributed by atoms with Gasteiger partial charge in [-0.3, -0.25) is 24.2 Å². The standard InChI is InChI=1S/C29H31ClN6O2/c1-29(2,3)25-16-24(35(4)34-25)27(37)33-22-10-13-36(17-20(22)18-8-6-5-7-9-18)28(38)19-14-21(30)26-23(15-19)31-11-12-32-26/h5-9,11-12,14-16,20,22H,10,13,17H2,1-4H3,(H,33,37)/t20-,22-/m1/s1. The minimum absolute atomic E-state index is 0.0797. The highest BCUT2D eigenvalue weighted by molar-refractivity contribution is 6.35. The fourth-order valence-electron chi connectivity index (χ4n) is 4.97. The van der Waals surface area contributed by atoms with Crippen molar-refractivity contribution in [2.45, 2.75) is 44.6 Å². The van der Waals surface area contributed by atoms with Crippen molar-refractivity contribution >= 4 is 34.4 Å². The van der Waals surface area contributed by atoms with Crippen LogP contribution in [0.2, 0.25) is 5.02 Å². The highest BCUT2D eigenvalue weighted by Gasteiger charge is 2.35. The molecule has 38 heavy (non-hydrogen) atoms. The van der Waals surface area contributed by atoms with Crippen LogP contribution in [0.3, 0.4) is 0 Å². The van der Waals surface area contributed by atoms with Crippen LogP contribution in [-0.4, -0.2) is 55.6 Å². The van der Waals surface area contributed by atoms with Crippen LogP contribution in [0.5, 0.6) is 0 Å². The summed E-state index contributed by atoms with van der Waals surface area (Å²) in [5, 5.41) is 8.19. The number of nitrogens with zero attached hydrogens (tertiary/aromatic N) is 5. The Morgan fingerprint density at radius 2 is 1.79 bits per heavy atom. The number of carbonyl (C=O) groups is 2. The first-order chi connectivity index (χ1) is 18.1. The Bertz CT molecular complexity index is 1490. The third-order valence-electron chi connectivity index (χ3n) is 7.10. The van der Waals surface area contributed by atoms with Gasteiger partial charge >= 0.3 is 0 Å². The summed E-state index contributed by atoms with van der Waals surface area (Å²) in [5.41, 5.74) is 3.91. The summed E-state index contributed by atoms with van der Waals surface area (Å²) in [6.07, 6.45) is 3.77. The van der Waals surface area contributed by atoms with Crippen LogP contribution in [0.4, 0.5) is 0 Å².